The van der Waals surface area contributed by atoms with Gasteiger partial charge >= 0.3 is 0 Å². The molecule has 2 nitrogen and oxygen atoms in total. The van der Waals surface area contributed by atoms with E-state index in [1.54, 1.807) is 6.20 Å². The molecule has 1 aromatic rings. The molecule has 0 aliphatic heterocycles. The molecule has 3 atom stereocenters. The molecule has 1 aliphatic carbocycles. The summed E-state index contributed by atoms with van der Waals surface area (Å²) in [5, 5.41) is 10.4. The zero-order valence-corrected chi connectivity index (χ0v) is 11.5. The van der Waals surface area contributed by atoms with Crippen molar-refractivity contribution in [3.8, 4) is 0 Å². The topological polar surface area (TPSA) is 33.1 Å². The number of aliphatic hydroxyl groups is 1. The Morgan fingerprint density at radius 3 is 2.61 bits per heavy atom. The van der Waals surface area contributed by atoms with Gasteiger partial charge in [-0.2, -0.15) is 0 Å². The third kappa shape index (κ3) is 3.81. The minimum absolute atomic E-state index is 0.143. The summed E-state index contributed by atoms with van der Waals surface area (Å²) < 4.78 is 0. The minimum Gasteiger partial charge on any atom is -0.393 e. The summed E-state index contributed by atoms with van der Waals surface area (Å²) in [4.78, 5) is 4.12. The molecule has 2 heteroatoms. The summed E-state index contributed by atoms with van der Waals surface area (Å²) in [5.74, 6) is 2.04. The zero-order valence-electron chi connectivity index (χ0n) is 11.5. The molecule has 0 amide bonds. The first-order valence-corrected chi connectivity index (χ1v) is 7.22. The van der Waals surface area contributed by atoms with Crippen molar-refractivity contribution in [3.63, 3.8) is 0 Å². The van der Waals surface area contributed by atoms with Gasteiger partial charge in [-0.25, -0.2) is 0 Å². The molecule has 1 aliphatic rings. The van der Waals surface area contributed by atoms with Gasteiger partial charge in [-0.05, 0) is 61.5 Å². The van der Waals surface area contributed by atoms with E-state index in [-0.39, 0.29) is 6.10 Å². The van der Waals surface area contributed by atoms with Gasteiger partial charge in [-0.3, -0.25) is 4.98 Å². The number of aliphatic hydroxyl groups excluding tert-OH is 1. The molecule has 0 radical (unpaired) electrons. The Balaban J connectivity index is 1.82. The van der Waals surface area contributed by atoms with E-state index in [2.05, 4.69) is 24.9 Å². The largest absolute Gasteiger partial charge is 0.393 e. The molecule has 1 aromatic heterocycles. The predicted molar refractivity (Wildman–Crippen MR) is 74.2 cm³/mol. The quantitative estimate of drug-likeness (QED) is 0.884. The van der Waals surface area contributed by atoms with Gasteiger partial charge in [0.05, 0.1) is 6.10 Å². The van der Waals surface area contributed by atoms with Crippen molar-refractivity contribution in [1.29, 1.82) is 0 Å². The van der Waals surface area contributed by atoms with Crippen molar-refractivity contribution in [3.05, 3.63) is 30.1 Å². The summed E-state index contributed by atoms with van der Waals surface area (Å²) in [5.41, 5.74) is 1.23. The third-order valence-electron chi connectivity index (χ3n) is 4.21. The highest BCUT2D eigenvalue weighted by atomic mass is 16.3. The maximum Gasteiger partial charge on any atom is 0.0571 e. The van der Waals surface area contributed by atoms with Gasteiger partial charge in [0, 0.05) is 12.4 Å². The van der Waals surface area contributed by atoms with Crippen molar-refractivity contribution >= 4 is 0 Å². The number of nitrogens with zero attached hydrogens (tertiary/aromatic N) is 1. The molecule has 0 aromatic carbocycles. The van der Waals surface area contributed by atoms with Crippen LogP contribution in [0.25, 0.3) is 0 Å². The van der Waals surface area contributed by atoms with Crippen LogP contribution in [-0.4, -0.2) is 16.2 Å². The van der Waals surface area contributed by atoms with Crippen LogP contribution in [0.3, 0.4) is 0 Å². The van der Waals surface area contributed by atoms with E-state index in [9.17, 15) is 5.11 Å². The zero-order chi connectivity index (χ0) is 13.0. The van der Waals surface area contributed by atoms with Crippen LogP contribution in [-0.2, 0) is 6.42 Å². The number of aromatic nitrogens is 1. The molecule has 0 saturated heterocycles. The van der Waals surface area contributed by atoms with Crippen LogP contribution >= 0.6 is 0 Å². The fraction of sp³-hybridized carbons (Fsp3) is 0.688. The highest BCUT2D eigenvalue weighted by Crippen LogP contribution is 2.35. The van der Waals surface area contributed by atoms with Crippen LogP contribution in [0.1, 0.15) is 45.1 Å². The van der Waals surface area contributed by atoms with Crippen molar-refractivity contribution in [1.82, 2.24) is 4.98 Å². The van der Waals surface area contributed by atoms with E-state index < -0.39 is 0 Å². The molecule has 3 unspecified atom stereocenters. The third-order valence-corrected chi connectivity index (χ3v) is 4.21. The van der Waals surface area contributed by atoms with Gasteiger partial charge in [0.15, 0.2) is 0 Å². The van der Waals surface area contributed by atoms with Crippen LogP contribution in [0.2, 0.25) is 0 Å². The van der Waals surface area contributed by atoms with E-state index in [4.69, 9.17) is 0 Å². The first kappa shape index (κ1) is 13.5. The number of hydrogen-bond donors (Lipinski definition) is 1. The van der Waals surface area contributed by atoms with Gasteiger partial charge in [-0.1, -0.05) is 19.9 Å². The minimum atomic E-state index is -0.143. The maximum atomic E-state index is 10.4. The fourth-order valence-corrected chi connectivity index (χ4v) is 3.42. The van der Waals surface area contributed by atoms with Gasteiger partial charge in [0.1, 0.15) is 0 Å². The van der Waals surface area contributed by atoms with Gasteiger partial charge in [0.2, 0.25) is 0 Å². The number of aryl methyl sites for hydroxylation is 1. The summed E-state index contributed by atoms with van der Waals surface area (Å²) in [7, 11) is 0. The van der Waals surface area contributed by atoms with E-state index in [1.165, 1.54) is 24.8 Å². The lowest BCUT2D eigenvalue weighted by atomic mass is 9.74. The standard InChI is InChI=1S/C16H25NO/c1-12-8-13(2)10-15(9-12)16(18)6-5-14-4-3-7-17-11-14/h3-4,7,11-13,15-16,18H,5-6,8-10H2,1-2H3. The summed E-state index contributed by atoms with van der Waals surface area (Å²) >= 11 is 0. The lowest BCUT2D eigenvalue weighted by molar-refractivity contribution is 0.0500. The van der Waals surface area contributed by atoms with Crippen LogP contribution in [0.4, 0.5) is 0 Å². The van der Waals surface area contributed by atoms with Crippen molar-refractivity contribution in [2.24, 2.45) is 17.8 Å². The molecule has 100 valence electrons. The second kappa shape index (κ2) is 6.33. The Morgan fingerprint density at radius 1 is 1.28 bits per heavy atom. The average molecular weight is 247 g/mol. The van der Waals surface area contributed by atoms with Gasteiger partial charge in [-0.15, -0.1) is 0 Å². The average Bonchev–Trinajstić information content (AvgIpc) is 2.36. The molecule has 1 saturated carbocycles. The van der Waals surface area contributed by atoms with Crippen LogP contribution in [0, 0.1) is 17.8 Å². The SMILES string of the molecule is CC1CC(C)CC(C(O)CCc2cccnc2)C1. The number of hydrogen-bond acceptors (Lipinski definition) is 2. The van der Waals surface area contributed by atoms with Crippen molar-refractivity contribution in [2.45, 2.75) is 52.1 Å². The van der Waals surface area contributed by atoms with E-state index in [0.29, 0.717) is 5.92 Å². The normalized spacial score (nSPS) is 30.1. The molecule has 18 heavy (non-hydrogen) atoms. The molecule has 0 bridgehead atoms. The second-order valence-corrected chi connectivity index (χ2v) is 6.14. The Kier molecular flexibility index (Phi) is 4.76. The molecule has 0 spiro atoms. The van der Waals surface area contributed by atoms with Crippen LogP contribution in [0.5, 0.6) is 0 Å². The Hall–Kier alpha value is -0.890. The van der Waals surface area contributed by atoms with Crippen LogP contribution in [0.15, 0.2) is 24.5 Å². The highest BCUT2D eigenvalue weighted by molar-refractivity contribution is 5.08. The summed E-state index contributed by atoms with van der Waals surface area (Å²) in [6.45, 7) is 4.63. The molecular formula is C16H25NO. The van der Waals surface area contributed by atoms with E-state index in [0.717, 1.165) is 24.7 Å². The monoisotopic (exact) mass is 247 g/mol. The first-order valence-electron chi connectivity index (χ1n) is 7.22. The van der Waals surface area contributed by atoms with E-state index >= 15 is 0 Å². The fourth-order valence-electron chi connectivity index (χ4n) is 3.42. The van der Waals surface area contributed by atoms with Gasteiger partial charge in [0.25, 0.3) is 0 Å². The van der Waals surface area contributed by atoms with Crippen molar-refractivity contribution in [2.75, 3.05) is 0 Å². The number of pyridine rings is 1. The van der Waals surface area contributed by atoms with Crippen molar-refractivity contribution < 1.29 is 5.11 Å². The molecular weight excluding hydrogens is 222 g/mol. The molecule has 1 N–H and O–H groups in total. The highest BCUT2D eigenvalue weighted by Gasteiger charge is 2.28. The lowest BCUT2D eigenvalue weighted by Gasteiger charge is -2.34. The number of rotatable bonds is 4. The molecule has 1 fully saturated rings. The summed E-state index contributed by atoms with van der Waals surface area (Å²) in [6.07, 6.45) is 9.08. The van der Waals surface area contributed by atoms with Gasteiger partial charge < -0.3 is 5.11 Å². The summed E-state index contributed by atoms with van der Waals surface area (Å²) in [6, 6.07) is 4.05. The maximum absolute atomic E-state index is 10.4. The Morgan fingerprint density at radius 2 is 2.00 bits per heavy atom. The smallest absolute Gasteiger partial charge is 0.0571 e. The molecule has 2 rings (SSSR count). The lowest BCUT2D eigenvalue weighted by Crippen LogP contribution is -2.29. The Bertz CT molecular complexity index is 341. The van der Waals surface area contributed by atoms with Crippen LogP contribution < -0.4 is 0 Å². The first-order chi connectivity index (χ1) is 8.65. The second-order valence-electron chi connectivity index (χ2n) is 6.14. The Labute approximate surface area is 110 Å². The predicted octanol–water partition coefficient (Wildman–Crippen LogP) is 3.45. The van der Waals surface area contributed by atoms with E-state index in [1.807, 2.05) is 12.3 Å². The molecule has 1 heterocycles.